The molecule has 1 N–H and O–H groups in total. The number of hydrogen-bond acceptors (Lipinski definition) is 3. The van der Waals surface area contributed by atoms with Crippen LogP contribution in [0.4, 0.5) is 11.4 Å². The summed E-state index contributed by atoms with van der Waals surface area (Å²) in [5.74, 6) is 0.0314. The van der Waals surface area contributed by atoms with Crippen LogP contribution < -0.4 is 10.2 Å². The Balaban J connectivity index is 1.89. The minimum atomic E-state index is -0.386. The number of nitriles is 1. The number of anilines is 2. The number of fused-ring (bicyclic) bond motifs is 1. The zero-order valence-corrected chi connectivity index (χ0v) is 18.8. The summed E-state index contributed by atoms with van der Waals surface area (Å²) in [5.41, 5.74) is 6.58. The second-order valence-electron chi connectivity index (χ2n) is 8.90. The first-order valence-corrected chi connectivity index (χ1v) is 10.6. The fraction of sp³-hybridized carbons (Fsp3) is 0.385. The quantitative estimate of drug-likeness (QED) is 0.508. The number of aryl methyl sites for hydroxylation is 2. The van der Waals surface area contributed by atoms with Gasteiger partial charge >= 0.3 is 0 Å². The summed E-state index contributed by atoms with van der Waals surface area (Å²) >= 11 is 0. The number of benzene rings is 2. The fourth-order valence-corrected chi connectivity index (χ4v) is 4.53. The van der Waals surface area contributed by atoms with Crippen molar-refractivity contribution in [3.8, 4) is 6.07 Å². The van der Waals surface area contributed by atoms with Crippen LogP contribution >= 0.6 is 0 Å². The molecule has 30 heavy (non-hydrogen) atoms. The molecular formula is C26H31N3O. The van der Waals surface area contributed by atoms with E-state index in [0.717, 1.165) is 29.7 Å². The van der Waals surface area contributed by atoms with Gasteiger partial charge in [-0.1, -0.05) is 19.1 Å². The Labute approximate surface area is 180 Å². The first-order valence-electron chi connectivity index (χ1n) is 10.6. The highest BCUT2D eigenvalue weighted by Gasteiger charge is 2.35. The van der Waals surface area contributed by atoms with E-state index in [9.17, 15) is 10.1 Å². The summed E-state index contributed by atoms with van der Waals surface area (Å²) in [4.78, 5) is 15.1. The summed E-state index contributed by atoms with van der Waals surface area (Å²) in [6.07, 6.45) is 2.75. The van der Waals surface area contributed by atoms with Crippen molar-refractivity contribution >= 4 is 23.4 Å². The predicted octanol–water partition coefficient (Wildman–Crippen LogP) is 5.96. The molecule has 1 atom stereocenters. The van der Waals surface area contributed by atoms with E-state index in [-0.39, 0.29) is 17.0 Å². The van der Waals surface area contributed by atoms with Gasteiger partial charge in [0.05, 0.1) is 0 Å². The van der Waals surface area contributed by atoms with E-state index in [4.69, 9.17) is 0 Å². The van der Waals surface area contributed by atoms with Gasteiger partial charge in [0.1, 0.15) is 11.6 Å². The largest absolute Gasteiger partial charge is 0.366 e. The normalized spacial score (nSPS) is 17.8. The highest BCUT2D eigenvalue weighted by molar-refractivity contribution is 6.09. The topological polar surface area (TPSA) is 56.1 Å². The third-order valence-corrected chi connectivity index (χ3v) is 6.17. The third-order valence-electron chi connectivity index (χ3n) is 6.17. The van der Waals surface area contributed by atoms with Crippen molar-refractivity contribution in [3.63, 3.8) is 0 Å². The SMILES string of the molecule is CCN1c2ccc(/C=C(/C#N)C(=O)Nc3ccc(C)c(C)c3)cc2C(C)CC1(C)C. The average molecular weight is 402 g/mol. The summed E-state index contributed by atoms with van der Waals surface area (Å²) in [5, 5.41) is 12.4. The van der Waals surface area contributed by atoms with Gasteiger partial charge in [-0.15, -0.1) is 0 Å². The highest BCUT2D eigenvalue weighted by atomic mass is 16.1. The van der Waals surface area contributed by atoms with E-state index < -0.39 is 0 Å². The molecule has 1 aliphatic rings. The molecule has 1 unspecified atom stereocenters. The van der Waals surface area contributed by atoms with E-state index in [1.807, 2.05) is 38.1 Å². The van der Waals surface area contributed by atoms with Crippen LogP contribution in [0.25, 0.3) is 6.08 Å². The lowest BCUT2D eigenvalue weighted by molar-refractivity contribution is -0.112. The van der Waals surface area contributed by atoms with Crippen LogP contribution in [-0.4, -0.2) is 18.0 Å². The zero-order valence-electron chi connectivity index (χ0n) is 18.8. The first kappa shape index (κ1) is 21.6. The third kappa shape index (κ3) is 4.26. The van der Waals surface area contributed by atoms with Gasteiger partial charge in [-0.2, -0.15) is 5.26 Å². The maximum atomic E-state index is 12.7. The van der Waals surface area contributed by atoms with Crippen molar-refractivity contribution in [1.29, 1.82) is 5.26 Å². The molecular weight excluding hydrogens is 370 g/mol. The van der Waals surface area contributed by atoms with Gasteiger partial charge in [-0.3, -0.25) is 4.79 Å². The second kappa shape index (κ2) is 8.36. The Bertz CT molecular complexity index is 1040. The van der Waals surface area contributed by atoms with Crippen LogP contribution in [-0.2, 0) is 4.79 Å². The van der Waals surface area contributed by atoms with Gasteiger partial charge in [-0.05, 0) is 99.6 Å². The lowest BCUT2D eigenvalue weighted by Gasteiger charge is -2.47. The number of carbonyl (C=O) groups is 1. The van der Waals surface area contributed by atoms with Crippen molar-refractivity contribution in [2.45, 2.75) is 59.4 Å². The van der Waals surface area contributed by atoms with E-state index in [0.29, 0.717) is 11.6 Å². The lowest BCUT2D eigenvalue weighted by atomic mass is 9.79. The molecule has 1 heterocycles. The van der Waals surface area contributed by atoms with Crippen molar-refractivity contribution in [2.24, 2.45) is 0 Å². The van der Waals surface area contributed by atoms with E-state index >= 15 is 0 Å². The Hall–Kier alpha value is -3.06. The monoisotopic (exact) mass is 401 g/mol. The molecule has 4 nitrogen and oxygen atoms in total. The van der Waals surface area contributed by atoms with Crippen LogP contribution in [0.2, 0.25) is 0 Å². The molecule has 1 amide bonds. The Morgan fingerprint density at radius 2 is 1.97 bits per heavy atom. The molecule has 0 radical (unpaired) electrons. The predicted molar refractivity (Wildman–Crippen MR) is 125 cm³/mol. The van der Waals surface area contributed by atoms with Crippen LogP contribution in [0.15, 0.2) is 42.0 Å². The Kier molecular flexibility index (Phi) is 6.03. The number of hydrogen-bond donors (Lipinski definition) is 1. The number of rotatable bonds is 4. The molecule has 1 aliphatic heterocycles. The standard InChI is InChI=1S/C26H31N3O/c1-7-29-24-11-9-20(14-23(24)19(4)15-26(29,5)6)13-21(16-27)25(30)28-22-10-8-17(2)18(3)12-22/h8-14,19H,7,15H2,1-6H3,(H,28,30)/b21-13-. The number of amides is 1. The summed E-state index contributed by atoms with van der Waals surface area (Å²) in [7, 11) is 0. The summed E-state index contributed by atoms with van der Waals surface area (Å²) < 4.78 is 0. The van der Waals surface area contributed by atoms with Crippen LogP contribution in [0.1, 0.15) is 62.3 Å². The van der Waals surface area contributed by atoms with Crippen LogP contribution in [0.5, 0.6) is 0 Å². The van der Waals surface area contributed by atoms with Crippen molar-refractivity contribution in [3.05, 3.63) is 64.2 Å². The molecule has 0 aliphatic carbocycles. The molecule has 2 aromatic carbocycles. The van der Waals surface area contributed by atoms with E-state index in [1.54, 1.807) is 6.08 Å². The number of nitrogens with zero attached hydrogens (tertiary/aromatic N) is 2. The number of carbonyl (C=O) groups excluding carboxylic acids is 1. The van der Waals surface area contributed by atoms with Crippen molar-refractivity contribution in [1.82, 2.24) is 0 Å². The molecule has 2 aromatic rings. The van der Waals surface area contributed by atoms with Crippen LogP contribution in [0, 0.1) is 25.2 Å². The Morgan fingerprint density at radius 3 is 2.60 bits per heavy atom. The minimum absolute atomic E-state index is 0.101. The van der Waals surface area contributed by atoms with Gasteiger partial charge in [0.15, 0.2) is 0 Å². The van der Waals surface area contributed by atoms with Gasteiger partial charge in [0, 0.05) is 23.5 Å². The molecule has 0 fully saturated rings. The molecule has 0 saturated carbocycles. The van der Waals surface area contributed by atoms with Crippen LogP contribution in [0.3, 0.4) is 0 Å². The van der Waals surface area contributed by atoms with E-state index in [2.05, 4.69) is 56.1 Å². The molecule has 0 spiro atoms. The molecule has 156 valence electrons. The van der Waals surface area contributed by atoms with Gasteiger partial charge in [0.25, 0.3) is 5.91 Å². The molecule has 0 aromatic heterocycles. The first-order chi connectivity index (χ1) is 14.2. The summed E-state index contributed by atoms with van der Waals surface area (Å²) in [6.45, 7) is 14.0. The van der Waals surface area contributed by atoms with Gasteiger partial charge < -0.3 is 10.2 Å². The zero-order chi connectivity index (χ0) is 22.1. The lowest BCUT2D eigenvalue weighted by Crippen LogP contribution is -2.48. The maximum absolute atomic E-state index is 12.7. The maximum Gasteiger partial charge on any atom is 0.266 e. The van der Waals surface area contributed by atoms with Crippen molar-refractivity contribution < 1.29 is 4.79 Å². The van der Waals surface area contributed by atoms with Gasteiger partial charge in [-0.25, -0.2) is 0 Å². The summed E-state index contributed by atoms with van der Waals surface area (Å²) in [6, 6.07) is 14.0. The molecule has 4 heteroatoms. The molecule has 3 rings (SSSR count). The highest BCUT2D eigenvalue weighted by Crippen LogP contribution is 2.43. The van der Waals surface area contributed by atoms with Crippen molar-refractivity contribution in [2.75, 3.05) is 16.8 Å². The van der Waals surface area contributed by atoms with E-state index in [1.165, 1.54) is 11.3 Å². The van der Waals surface area contributed by atoms with Gasteiger partial charge in [0.2, 0.25) is 0 Å². The second-order valence-corrected chi connectivity index (χ2v) is 8.90. The fourth-order valence-electron chi connectivity index (χ4n) is 4.53. The molecule has 0 bridgehead atoms. The number of nitrogens with one attached hydrogen (secondary N) is 1. The minimum Gasteiger partial charge on any atom is -0.366 e. The molecule has 0 saturated heterocycles. The smallest absolute Gasteiger partial charge is 0.266 e. The average Bonchev–Trinajstić information content (AvgIpc) is 2.68. The Morgan fingerprint density at radius 1 is 1.23 bits per heavy atom.